The lowest BCUT2D eigenvalue weighted by molar-refractivity contribution is -0.148. The number of carbonyl (C=O) groups is 1. The van der Waals surface area contributed by atoms with E-state index >= 15 is 0 Å². The van der Waals surface area contributed by atoms with Gasteiger partial charge in [0.2, 0.25) is 0 Å². The first-order chi connectivity index (χ1) is 5.20. The van der Waals surface area contributed by atoms with Gasteiger partial charge in [-0.2, -0.15) is 0 Å². The highest BCUT2D eigenvalue weighted by Gasteiger charge is 2.06. The molecule has 3 heteroatoms. The van der Waals surface area contributed by atoms with Crippen LogP contribution < -0.4 is 0 Å². The number of carbonyl (C=O) groups excluding carboxylic acids is 1. The third kappa shape index (κ3) is 5.85. The van der Waals surface area contributed by atoms with Gasteiger partial charge in [-0.25, -0.2) is 0 Å². The number of aliphatic hydroxyl groups excluding tert-OH is 1. The van der Waals surface area contributed by atoms with Gasteiger partial charge in [0.15, 0.2) is 0 Å². The van der Waals surface area contributed by atoms with Crippen LogP contribution >= 0.6 is 0 Å². The van der Waals surface area contributed by atoms with Gasteiger partial charge in [-0.3, -0.25) is 4.79 Å². The zero-order valence-corrected chi connectivity index (χ0v) is 7.17. The summed E-state index contributed by atoms with van der Waals surface area (Å²) < 4.78 is 4.93. The van der Waals surface area contributed by atoms with Gasteiger partial charge in [-0.05, 0) is 13.3 Å². The molecule has 3 nitrogen and oxygen atoms in total. The molecular formula is C8H16O3. The minimum absolute atomic E-state index is 0.0700. The summed E-state index contributed by atoms with van der Waals surface area (Å²) in [6.45, 7) is 3.78. The molecule has 0 amide bonds. The lowest BCUT2D eigenvalue weighted by Crippen LogP contribution is -2.15. The highest BCUT2D eigenvalue weighted by molar-refractivity contribution is 5.69. The zero-order chi connectivity index (χ0) is 8.69. The Morgan fingerprint density at radius 1 is 1.64 bits per heavy atom. The Balaban J connectivity index is 3.40. The molecule has 66 valence electrons. The van der Waals surface area contributed by atoms with Crippen LogP contribution in [0.5, 0.6) is 0 Å². The standard InChI is InChI=1S/C8H16O3/c1-3-4-8(10)11-7(2)5-6-9/h7,9H,3-6H2,1-2H3/t7-/m1/s1. The molecule has 0 rings (SSSR count). The third-order valence-electron chi connectivity index (χ3n) is 1.32. The SMILES string of the molecule is CCCC(=O)O[C@H](C)CCO. The van der Waals surface area contributed by atoms with Crippen molar-refractivity contribution in [1.82, 2.24) is 0 Å². The van der Waals surface area contributed by atoms with Crippen molar-refractivity contribution in [2.45, 2.75) is 39.2 Å². The van der Waals surface area contributed by atoms with Crippen molar-refractivity contribution in [2.24, 2.45) is 0 Å². The van der Waals surface area contributed by atoms with E-state index in [9.17, 15) is 4.79 Å². The maximum Gasteiger partial charge on any atom is 0.306 e. The molecule has 0 aromatic rings. The third-order valence-corrected chi connectivity index (χ3v) is 1.32. The number of aliphatic hydroxyl groups is 1. The van der Waals surface area contributed by atoms with Gasteiger partial charge in [0.1, 0.15) is 6.10 Å². The van der Waals surface area contributed by atoms with Crippen LogP contribution in [0, 0.1) is 0 Å². The molecule has 0 aromatic heterocycles. The van der Waals surface area contributed by atoms with Gasteiger partial charge in [0.05, 0.1) is 0 Å². The highest BCUT2D eigenvalue weighted by Crippen LogP contribution is 2.00. The van der Waals surface area contributed by atoms with Crippen molar-refractivity contribution in [3.05, 3.63) is 0 Å². The maximum atomic E-state index is 10.8. The van der Waals surface area contributed by atoms with Crippen molar-refractivity contribution in [2.75, 3.05) is 6.61 Å². The summed E-state index contributed by atoms with van der Waals surface area (Å²) in [7, 11) is 0. The molecule has 0 heterocycles. The summed E-state index contributed by atoms with van der Waals surface area (Å²) in [5.74, 6) is -0.173. The van der Waals surface area contributed by atoms with E-state index in [1.807, 2.05) is 6.92 Å². The number of ether oxygens (including phenoxy) is 1. The van der Waals surface area contributed by atoms with Gasteiger partial charge >= 0.3 is 5.97 Å². The molecule has 0 aliphatic carbocycles. The van der Waals surface area contributed by atoms with Gasteiger partial charge in [0.25, 0.3) is 0 Å². The molecule has 0 saturated carbocycles. The van der Waals surface area contributed by atoms with Crippen molar-refractivity contribution in [1.29, 1.82) is 0 Å². The number of rotatable bonds is 5. The second-order valence-corrected chi connectivity index (χ2v) is 2.56. The molecule has 1 N–H and O–H groups in total. The minimum Gasteiger partial charge on any atom is -0.463 e. The maximum absolute atomic E-state index is 10.8. The minimum atomic E-state index is -0.173. The Morgan fingerprint density at radius 3 is 2.73 bits per heavy atom. The van der Waals surface area contributed by atoms with E-state index in [1.54, 1.807) is 6.92 Å². The second kappa shape index (κ2) is 6.16. The Labute approximate surface area is 67.4 Å². The average Bonchev–Trinajstić information content (AvgIpc) is 1.87. The summed E-state index contributed by atoms with van der Waals surface area (Å²) in [5, 5.41) is 8.49. The van der Waals surface area contributed by atoms with E-state index in [2.05, 4.69) is 0 Å². The Kier molecular flexibility index (Phi) is 5.84. The van der Waals surface area contributed by atoms with Gasteiger partial charge in [-0.1, -0.05) is 6.92 Å². The number of hydrogen-bond acceptors (Lipinski definition) is 3. The fraction of sp³-hybridized carbons (Fsp3) is 0.875. The van der Waals surface area contributed by atoms with Gasteiger partial charge in [-0.15, -0.1) is 0 Å². The van der Waals surface area contributed by atoms with Crippen LogP contribution in [0.15, 0.2) is 0 Å². The Bertz CT molecular complexity index is 112. The van der Waals surface area contributed by atoms with E-state index in [0.29, 0.717) is 12.8 Å². The quantitative estimate of drug-likeness (QED) is 0.612. The highest BCUT2D eigenvalue weighted by atomic mass is 16.5. The molecule has 0 aromatic carbocycles. The van der Waals surface area contributed by atoms with Crippen LogP contribution in [0.3, 0.4) is 0 Å². The van der Waals surface area contributed by atoms with E-state index in [0.717, 1.165) is 6.42 Å². The molecule has 0 aliphatic rings. The van der Waals surface area contributed by atoms with Crippen molar-refractivity contribution < 1.29 is 14.6 Å². The van der Waals surface area contributed by atoms with E-state index in [-0.39, 0.29) is 18.7 Å². The van der Waals surface area contributed by atoms with Crippen molar-refractivity contribution >= 4 is 5.97 Å². The lowest BCUT2D eigenvalue weighted by atomic mass is 10.3. The Hall–Kier alpha value is -0.570. The summed E-state index contributed by atoms with van der Waals surface area (Å²) in [4.78, 5) is 10.8. The molecule has 0 aliphatic heterocycles. The molecule has 0 saturated heterocycles. The smallest absolute Gasteiger partial charge is 0.306 e. The summed E-state index contributed by atoms with van der Waals surface area (Å²) in [6.07, 6.45) is 1.65. The largest absolute Gasteiger partial charge is 0.463 e. The molecule has 0 radical (unpaired) electrons. The second-order valence-electron chi connectivity index (χ2n) is 2.56. The first-order valence-electron chi connectivity index (χ1n) is 4.01. The fourth-order valence-corrected chi connectivity index (χ4v) is 0.728. The van der Waals surface area contributed by atoms with E-state index in [1.165, 1.54) is 0 Å². The first-order valence-corrected chi connectivity index (χ1v) is 4.01. The fourth-order valence-electron chi connectivity index (χ4n) is 0.728. The molecule has 0 fully saturated rings. The number of esters is 1. The van der Waals surface area contributed by atoms with Crippen LogP contribution in [0.4, 0.5) is 0 Å². The van der Waals surface area contributed by atoms with E-state index in [4.69, 9.17) is 9.84 Å². The van der Waals surface area contributed by atoms with Crippen molar-refractivity contribution in [3.63, 3.8) is 0 Å². The van der Waals surface area contributed by atoms with Gasteiger partial charge < -0.3 is 9.84 Å². The molecular weight excluding hydrogens is 144 g/mol. The molecule has 0 bridgehead atoms. The normalized spacial score (nSPS) is 12.6. The Morgan fingerprint density at radius 2 is 2.27 bits per heavy atom. The summed E-state index contributed by atoms with van der Waals surface area (Å²) >= 11 is 0. The number of hydrogen-bond donors (Lipinski definition) is 1. The van der Waals surface area contributed by atoms with Crippen molar-refractivity contribution in [3.8, 4) is 0 Å². The predicted molar refractivity (Wildman–Crippen MR) is 42.2 cm³/mol. The molecule has 1 atom stereocenters. The predicted octanol–water partition coefficient (Wildman–Crippen LogP) is 1.10. The van der Waals surface area contributed by atoms with Crippen LogP contribution in [0.1, 0.15) is 33.1 Å². The van der Waals surface area contributed by atoms with E-state index < -0.39 is 0 Å². The molecule has 0 spiro atoms. The average molecular weight is 160 g/mol. The van der Waals surface area contributed by atoms with Crippen LogP contribution in [0.2, 0.25) is 0 Å². The zero-order valence-electron chi connectivity index (χ0n) is 7.17. The first kappa shape index (κ1) is 10.4. The monoisotopic (exact) mass is 160 g/mol. The summed E-state index contributed by atoms with van der Waals surface area (Å²) in [6, 6.07) is 0. The van der Waals surface area contributed by atoms with Crippen LogP contribution in [0.25, 0.3) is 0 Å². The van der Waals surface area contributed by atoms with Crippen LogP contribution in [-0.2, 0) is 9.53 Å². The topological polar surface area (TPSA) is 46.5 Å². The lowest BCUT2D eigenvalue weighted by Gasteiger charge is -2.10. The van der Waals surface area contributed by atoms with Crippen LogP contribution in [-0.4, -0.2) is 23.8 Å². The summed E-state index contributed by atoms with van der Waals surface area (Å²) in [5.41, 5.74) is 0. The molecule has 11 heavy (non-hydrogen) atoms. The molecule has 0 unspecified atom stereocenters. The van der Waals surface area contributed by atoms with Gasteiger partial charge in [0, 0.05) is 19.4 Å².